The summed E-state index contributed by atoms with van der Waals surface area (Å²) in [6.07, 6.45) is -0.755. The van der Waals surface area contributed by atoms with Gasteiger partial charge in [-0.15, -0.1) is 22.0 Å². The van der Waals surface area contributed by atoms with E-state index in [0.717, 1.165) is 0 Å². The monoisotopic (exact) mass is 348 g/mol. The average molecular weight is 349 g/mol. The molecule has 0 spiro atoms. The maximum atomic E-state index is 9.33. The van der Waals surface area contributed by atoms with E-state index >= 15 is 0 Å². The lowest BCUT2D eigenvalue weighted by atomic mass is 10.2. The second-order valence-corrected chi connectivity index (χ2v) is 6.57. The number of rotatable bonds is 6. The predicted octanol–water partition coefficient (Wildman–Crippen LogP) is 3.19. The fourth-order valence-electron chi connectivity index (χ4n) is 1.52. The first-order valence-corrected chi connectivity index (χ1v) is 8.01. The number of hydrogen-bond donors (Lipinski definition) is 2. The number of aliphatic hydroxyl groups excluding tert-OH is 2. The molecular weight excluding hydrogens is 335 g/mol. The second-order valence-electron chi connectivity index (χ2n) is 4.39. The molecule has 1 heterocycles. The molecule has 0 radical (unpaired) electrons. The zero-order chi connectivity index (χ0) is 15.4. The Hall–Kier alpha value is -0.790. The van der Waals surface area contributed by atoms with Crippen molar-refractivity contribution in [2.45, 2.75) is 18.3 Å². The van der Waals surface area contributed by atoms with Gasteiger partial charge in [-0.25, -0.2) is 0 Å². The lowest BCUT2D eigenvalue weighted by molar-refractivity contribution is 0.113. The molecule has 0 saturated carbocycles. The van der Waals surface area contributed by atoms with Crippen LogP contribution in [-0.4, -0.2) is 38.9 Å². The smallest absolute Gasteiger partial charge is 0.247 e. The molecule has 0 aliphatic carbocycles. The number of halogens is 2. The van der Waals surface area contributed by atoms with Crippen molar-refractivity contribution in [1.82, 2.24) is 10.2 Å². The van der Waals surface area contributed by atoms with Gasteiger partial charge in [0.15, 0.2) is 0 Å². The van der Waals surface area contributed by atoms with Crippen molar-refractivity contribution in [3.8, 4) is 11.5 Å². The van der Waals surface area contributed by atoms with E-state index in [4.69, 9.17) is 32.7 Å². The van der Waals surface area contributed by atoms with Gasteiger partial charge < -0.3 is 14.6 Å². The summed E-state index contributed by atoms with van der Waals surface area (Å²) < 4.78 is 5.60. The summed E-state index contributed by atoms with van der Waals surface area (Å²) in [5.74, 6) is 1.20. The van der Waals surface area contributed by atoms with E-state index < -0.39 is 6.10 Å². The van der Waals surface area contributed by atoms with E-state index in [1.807, 2.05) is 6.92 Å². The first kappa shape index (κ1) is 16.6. The molecule has 5 nitrogen and oxygen atoms in total. The number of aliphatic hydroxyl groups is 2. The molecule has 0 aliphatic heterocycles. The Kier molecular flexibility index (Phi) is 5.89. The SMILES string of the molecule is C[C@@H](SC[C@@H](O)CO)c1nnc(-c2ccc(Cl)c(Cl)c2)o1. The topological polar surface area (TPSA) is 79.4 Å². The number of thioether (sulfide) groups is 1. The Labute approximate surface area is 136 Å². The molecule has 0 fully saturated rings. The summed E-state index contributed by atoms with van der Waals surface area (Å²) in [6, 6.07) is 5.08. The van der Waals surface area contributed by atoms with Gasteiger partial charge in [0.1, 0.15) is 0 Å². The Morgan fingerprint density at radius 3 is 2.71 bits per heavy atom. The third-order valence-electron chi connectivity index (χ3n) is 2.70. The molecule has 114 valence electrons. The average Bonchev–Trinajstić information content (AvgIpc) is 2.97. The molecule has 21 heavy (non-hydrogen) atoms. The van der Waals surface area contributed by atoms with Gasteiger partial charge in [-0.2, -0.15) is 0 Å². The van der Waals surface area contributed by atoms with Crippen LogP contribution in [0.5, 0.6) is 0 Å². The first-order chi connectivity index (χ1) is 10.0. The van der Waals surface area contributed by atoms with E-state index in [1.54, 1.807) is 18.2 Å². The van der Waals surface area contributed by atoms with E-state index in [2.05, 4.69) is 10.2 Å². The summed E-state index contributed by atoms with van der Waals surface area (Å²) in [4.78, 5) is 0. The van der Waals surface area contributed by atoms with Crippen LogP contribution < -0.4 is 0 Å². The maximum Gasteiger partial charge on any atom is 0.247 e. The molecule has 0 unspecified atom stereocenters. The van der Waals surface area contributed by atoms with Gasteiger partial charge in [0.2, 0.25) is 11.8 Å². The largest absolute Gasteiger partial charge is 0.420 e. The minimum Gasteiger partial charge on any atom is -0.420 e. The van der Waals surface area contributed by atoms with Crippen molar-refractivity contribution in [2.24, 2.45) is 0 Å². The number of benzene rings is 1. The highest BCUT2D eigenvalue weighted by atomic mass is 35.5. The molecule has 1 aromatic heterocycles. The molecule has 0 bridgehead atoms. The molecule has 0 amide bonds. The fraction of sp³-hybridized carbons (Fsp3) is 0.385. The van der Waals surface area contributed by atoms with Crippen LogP contribution in [-0.2, 0) is 0 Å². The second kappa shape index (κ2) is 7.47. The summed E-state index contributed by atoms with van der Waals surface area (Å²) >= 11 is 13.2. The zero-order valence-electron chi connectivity index (χ0n) is 11.2. The van der Waals surface area contributed by atoms with E-state index in [1.165, 1.54) is 11.8 Å². The highest BCUT2D eigenvalue weighted by molar-refractivity contribution is 7.99. The van der Waals surface area contributed by atoms with E-state index in [0.29, 0.717) is 33.1 Å². The summed E-state index contributed by atoms with van der Waals surface area (Å²) in [7, 11) is 0. The Bertz CT molecular complexity index is 609. The zero-order valence-corrected chi connectivity index (χ0v) is 13.5. The van der Waals surface area contributed by atoms with E-state index in [-0.39, 0.29) is 11.9 Å². The fourth-order valence-corrected chi connectivity index (χ4v) is 2.68. The highest BCUT2D eigenvalue weighted by Gasteiger charge is 2.17. The van der Waals surface area contributed by atoms with Gasteiger partial charge in [-0.05, 0) is 25.1 Å². The Morgan fingerprint density at radius 1 is 1.29 bits per heavy atom. The summed E-state index contributed by atoms with van der Waals surface area (Å²) in [6.45, 7) is 1.62. The summed E-state index contributed by atoms with van der Waals surface area (Å²) in [5.41, 5.74) is 0.691. The van der Waals surface area contributed by atoms with Crippen molar-refractivity contribution in [3.63, 3.8) is 0 Å². The van der Waals surface area contributed by atoms with Gasteiger partial charge in [0, 0.05) is 11.3 Å². The van der Waals surface area contributed by atoms with Gasteiger partial charge in [0.25, 0.3) is 0 Å². The predicted molar refractivity (Wildman–Crippen MR) is 83.7 cm³/mol. The van der Waals surface area contributed by atoms with Crippen molar-refractivity contribution < 1.29 is 14.6 Å². The van der Waals surface area contributed by atoms with Gasteiger partial charge in [0.05, 0.1) is 28.0 Å². The maximum absolute atomic E-state index is 9.33. The molecule has 2 rings (SSSR count). The van der Waals surface area contributed by atoms with Crippen LogP contribution in [0.4, 0.5) is 0 Å². The molecule has 2 aromatic rings. The highest BCUT2D eigenvalue weighted by Crippen LogP contribution is 2.31. The lowest BCUT2D eigenvalue weighted by Gasteiger charge is -2.09. The summed E-state index contributed by atoms with van der Waals surface area (Å²) in [5, 5.41) is 26.9. The van der Waals surface area contributed by atoms with Gasteiger partial charge >= 0.3 is 0 Å². The Morgan fingerprint density at radius 2 is 2.05 bits per heavy atom. The third-order valence-corrected chi connectivity index (χ3v) is 4.72. The lowest BCUT2D eigenvalue weighted by Crippen LogP contribution is -2.15. The van der Waals surface area contributed by atoms with Crippen LogP contribution in [0.2, 0.25) is 10.0 Å². The van der Waals surface area contributed by atoms with Crippen LogP contribution in [0, 0.1) is 0 Å². The quantitative estimate of drug-likeness (QED) is 0.834. The van der Waals surface area contributed by atoms with Crippen molar-refractivity contribution in [3.05, 3.63) is 34.1 Å². The van der Waals surface area contributed by atoms with Crippen LogP contribution in [0.3, 0.4) is 0 Å². The van der Waals surface area contributed by atoms with E-state index in [9.17, 15) is 5.11 Å². The molecule has 2 N–H and O–H groups in total. The first-order valence-electron chi connectivity index (χ1n) is 6.20. The van der Waals surface area contributed by atoms with Gasteiger partial charge in [-0.1, -0.05) is 23.2 Å². The number of nitrogens with zero attached hydrogens (tertiary/aromatic N) is 2. The minimum absolute atomic E-state index is 0.0878. The number of aromatic nitrogens is 2. The van der Waals surface area contributed by atoms with Crippen molar-refractivity contribution >= 4 is 35.0 Å². The standard InChI is InChI=1S/C13H14Cl2N2O3S/c1-7(21-6-9(19)5-18)12-16-17-13(20-12)8-2-3-10(14)11(15)4-8/h2-4,7,9,18-19H,5-6H2,1H3/t7-,9+/m1/s1. The van der Waals surface area contributed by atoms with Crippen LogP contribution in [0.15, 0.2) is 22.6 Å². The molecule has 1 aromatic carbocycles. The molecule has 2 atom stereocenters. The van der Waals surface area contributed by atoms with Crippen LogP contribution in [0.1, 0.15) is 18.1 Å². The number of hydrogen-bond acceptors (Lipinski definition) is 6. The minimum atomic E-state index is -0.755. The molecular formula is C13H14Cl2N2O3S. The normalized spacial score (nSPS) is 14.1. The van der Waals surface area contributed by atoms with Crippen molar-refractivity contribution in [2.75, 3.05) is 12.4 Å². The molecule has 8 heteroatoms. The molecule has 0 saturated heterocycles. The van der Waals surface area contributed by atoms with Crippen molar-refractivity contribution in [1.29, 1.82) is 0 Å². The van der Waals surface area contributed by atoms with Crippen LogP contribution >= 0.6 is 35.0 Å². The third kappa shape index (κ3) is 4.34. The van der Waals surface area contributed by atoms with Gasteiger partial charge in [-0.3, -0.25) is 0 Å². The molecule has 0 aliphatic rings. The Balaban J connectivity index is 2.08. The van der Waals surface area contributed by atoms with Crippen LogP contribution in [0.25, 0.3) is 11.5 Å².